The van der Waals surface area contributed by atoms with Crippen LogP contribution < -0.4 is 10.5 Å². The van der Waals surface area contributed by atoms with Gasteiger partial charge in [0.05, 0.1) is 12.7 Å². The first-order valence-electron chi connectivity index (χ1n) is 6.13. The monoisotopic (exact) mass is 255 g/mol. The van der Waals surface area contributed by atoms with Crippen LogP contribution in [0.1, 0.15) is 27.0 Å². The summed E-state index contributed by atoms with van der Waals surface area (Å²) in [7, 11) is 1.57. The highest BCUT2D eigenvalue weighted by Gasteiger charge is 2.15. The van der Waals surface area contributed by atoms with Gasteiger partial charge in [-0.3, -0.25) is 4.79 Å². The van der Waals surface area contributed by atoms with E-state index in [0.717, 1.165) is 17.5 Å². The Labute approximate surface area is 113 Å². The fourth-order valence-corrected chi connectivity index (χ4v) is 2.17. The van der Waals surface area contributed by atoms with E-state index in [4.69, 9.17) is 10.5 Å². The van der Waals surface area contributed by atoms with Crippen LogP contribution in [0.2, 0.25) is 0 Å². The van der Waals surface area contributed by atoms with E-state index in [0.29, 0.717) is 11.3 Å². The van der Waals surface area contributed by atoms with Crippen LogP contribution in [0.3, 0.4) is 0 Å². The number of ether oxygens (including phenoxy) is 1. The molecule has 3 nitrogen and oxygen atoms in total. The molecule has 0 atom stereocenters. The number of aryl methyl sites for hydroxylation is 1. The van der Waals surface area contributed by atoms with E-state index in [9.17, 15) is 4.79 Å². The number of carbonyl (C=O) groups is 1. The molecule has 2 N–H and O–H groups in total. The second-order valence-corrected chi connectivity index (χ2v) is 4.47. The molecule has 0 unspecified atom stereocenters. The second kappa shape index (κ2) is 5.57. The SMILES string of the molecule is COc1c(C(N)=O)ccc(C)c1Cc1ccccc1. The topological polar surface area (TPSA) is 52.3 Å². The van der Waals surface area contributed by atoms with Gasteiger partial charge in [0.25, 0.3) is 5.91 Å². The van der Waals surface area contributed by atoms with Crippen molar-refractivity contribution in [2.45, 2.75) is 13.3 Å². The molecule has 0 spiro atoms. The zero-order valence-corrected chi connectivity index (χ0v) is 11.1. The van der Waals surface area contributed by atoms with Crippen molar-refractivity contribution in [1.82, 2.24) is 0 Å². The van der Waals surface area contributed by atoms with Crippen LogP contribution in [-0.4, -0.2) is 13.0 Å². The fraction of sp³-hybridized carbons (Fsp3) is 0.188. The number of methoxy groups -OCH3 is 1. The number of rotatable bonds is 4. The van der Waals surface area contributed by atoms with Crippen molar-refractivity contribution < 1.29 is 9.53 Å². The van der Waals surface area contributed by atoms with Gasteiger partial charge in [-0.05, 0) is 24.1 Å². The predicted molar refractivity (Wildman–Crippen MR) is 75.5 cm³/mol. The van der Waals surface area contributed by atoms with E-state index in [1.54, 1.807) is 13.2 Å². The number of nitrogens with two attached hydrogens (primary N) is 1. The molecule has 0 bridgehead atoms. The van der Waals surface area contributed by atoms with Crippen LogP contribution in [0.25, 0.3) is 0 Å². The highest BCUT2D eigenvalue weighted by Crippen LogP contribution is 2.29. The van der Waals surface area contributed by atoms with Gasteiger partial charge < -0.3 is 10.5 Å². The van der Waals surface area contributed by atoms with E-state index < -0.39 is 5.91 Å². The molecule has 19 heavy (non-hydrogen) atoms. The summed E-state index contributed by atoms with van der Waals surface area (Å²) in [6, 6.07) is 13.7. The quantitative estimate of drug-likeness (QED) is 0.913. The molecule has 0 aliphatic carbocycles. The number of benzene rings is 2. The zero-order valence-electron chi connectivity index (χ0n) is 11.1. The maximum Gasteiger partial charge on any atom is 0.252 e. The molecule has 2 rings (SSSR count). The second-order valence-electron chi connectivity index (χ2n) is 4.47. The van der Waals surface area contributed by atoms with Crippen LogP contribution >= 0.6 is 0 Å². The molecule has 0 aliphatic heterocycles. The molecule has 3 heteroatoms. The van der Waals surface area contributed by atoms with Gasteiger partial charge in [-0.15, -0.1) is 0 Å². The van der Waals surface area contributed by atoms with Gasteiger partial charge in [-0.2, -0.15) is 0 Å². The smallest absolute Gasteiger partial charge is 0.252 e. The minimum Gasteiger partial charge on any atom is -0.496 e. The third kappa shape index (κ3) is 2.76. The number of hydrogen-bond acceptors (Lipinski definition) is 2. The Hall–Kier alpha value is -2.29. The lowest BCUT2D eigenvalue weighted by atomic mass is 9.96. The molecule has 0 aromatic heterocycles. The van der Waals surface area contributed by atoms with Crippen molar-refractivity contribution >= 4 is 5.91 Å². The van der Waals surface area contributed by atoms with Crippen molar-refractivity contribution in [2.75, 3.05) is 7.11 Å². The number of carbonyl (C=O) groups excluding carboxylic acids is 1. The maximum atomic E-state index is 11.4. The van der Waals surface area contributed by atoms with Gasteiger partial charge in [-0.25, -0.2) is 0 Å². The lowest BCUT2D eigenvalue weighted by Crippen LogP contribution is -2.14. The molecule has 0 saturated heterocycles. The van der Waals surface area contributed by atoms with Crippen LogP contribution in [-0.2, 0) is 6.42 Å². The summed E-state index contributed by atoms with van der Waals surface area (Å²) in [5.41, 5.74) is 9.08. The summed E-state index contributed by atoms with van der Waals surface area (Å²) in [6.45, 7) is 2.01. The molecular formula is C16H17NO2. The standard InChI is InChI=1S/C16H17NO2/c1-11-8-9-13(16(17)18)15(19-2)14(11)10-12-6-4-3-5-7-12/h3-9H,10H2,1-2H3,(H2,17,18). The molecule has 0 fully saturated rings. The Kier molecular flexibility index (Phi) is 3.85. The molecule has 98 valence electrons. The summed E-state index contributed by atoms with van der Waals surface area (Å²) in [5, 5.41) is 0. The van der Waals surface area contributed by atoms with Crippen LogP contribution in [0.15, 0.2) is 42.5 Å². The Morgan fingerprint density at radius 1 is 1.16 bits per heavy atom. The van der Waals surface area contributed by atoms with E-state index in [1.165, 1.54) is 5.56 Å². The average molecular weight is 255 g/mol. The van der Waals surface area contributed by atoms with Crippen LogP contribution in [0, 0.1) is 6.92 Å². The number of primary amides is 1. The third-order valence-corrected chi connectivity index (χ3v) is 3.19. The van der Waals surface area contributed by atoms with Crippen molar-refractivity contribution in [1.29, 1.82) is 0 Å². The molecule has 0 saturated carbocycles. The van der Waals surface area contributed by atoms with Crippen LogP contribution in [0.4, 0.5) is 0 Å². The summed E-state index contributed by atoms with van der Waals surface area (Å²) in [5.74, 6) is 0.113. The maximum absolute atomic E-state index is 11.4. The largest absolute Gasteiger partial charge is 0.496 e. The van der Waals surface area contributed by atoms with Crippen molar-refractivity contribution in [3.8, 4) is 5.75 Å². The van der Waals surface area contributed by atoms with Gasteiger partial charge in [0.2, 0.25) is 0 Å². The van der Waals surface area contributed by atoms with Crippen molar-refractivity contribution in [3.63, 3.8) is 0 Å². The van der Waals surface area contributed by atoms with Gasteiger partial charge in [0.15, 0.2) is 0 Å². The lowest BCUT2D eigenvalue weighted by molar-refractivity contribution is 0.0997. The summed E-state index contributed by atoms with van der Waals surface area (Å²) in [6.07, 6.45) is 0.719. The van der Waals surface area contributed by atoms with E-state index in [1.807, 2.05) is 31.2 Å². The Bertz CT molecular complexity index is 591. The highest BCUT2D eigenvalue weighted by atomic mass is 16.5. The Balaban J connectivity index is 2.49. The molecule has 0 heterocycles. The van der Waals surface area contributed by atoms with Gasteiger partial charge in [0, 0.05) is 12.0 Å². The first kappa shape index (κ1) is 13.1. The average Bonchev–Trinajstić information content (AvgIpc) is 2.41. The summed E-state index contributed by atoms with van der Waals surface area (Å²) < 4.78 is 5.39. The molecule has 2 aromatic rings. The minimum atomic E-state index is -0.467. The first-order valence-corrected chi connectivity index (χ1v) is 6.13. The minimum absolute atomic E-state index is 0.430. The Morgan fingerprint density at radius 2 is 1.84 bits per heavy atom. The van der Waals surface area contributed by atoms with Crippen molar-refractivity contribution in [3.05, 3.63) is 64.7 Å². The number of hydrogen-bond donors (Lipinski definition) is 1. The zero-order chi connectivity index (χ0) is 13.8. The van der Waals surface area contributed by atoms with Crippen LogP contribution in [0.5, 0.6) is 5.75 Å². The lowest BCUT2D eigenvalue weighted by Gasteiger charge is -2.14. The molecule has 1 amide bonds. The number of amides is 1. The van der Waals surface area contributed by atoms with Gasteiger partial charge >= 0.3 is 0 Å². The summed E-state index contributed by atoms with van der Waals surface area (Å²) >= 11 is 0. The molecular weight excluding hydrogens is 238 g/mol. The van der Waals surface area contributed by atoms with E-state index in [-0.39, 0.29) is 0 Å². The molecule has 0 aliphatic rings. The van der Waals surface area contributed by atoms with E-state index >= 15 is 0 Å². The Morgan fingerprint density at radius 3 is 2.42 bits per heavy atom. The van der Waals surface area contributed by atoms with Gasteiger partial charge in [-0.1, -0.05) is 36.4 Å². The third-order valence-electron chi connectivity index (χ3n) is 3.19. The first-order chi connectivity index (χ1) is 9.13. The molecule has 0 radical (unpaired) electrons. The normalized spacial score (nSPS) is 10.2. The highest BCUT2D eigenvalue weighted by molar-refractivity contribution is 5.96. The van der Waals surface area contributed by atoms with Gasteiger partial charge in [0.1, 0.15) is 5.75 Å². The summed E-state index contributed by atoms with van der Waals surface area (Å²) in [4.78, 5) is 11.4. The van der Waals surface area contributed by atoms with Crippen molar-refractivity contribution in [2.24, 2.45) is 5.73 Å². The predicted octanol–water partition coefficient (Wildman–Crippen LogP) is 2.69. The fourth-order valence-electron chi connectivity index (χ4n) is 2.17. The molecule has 2 aromatic carbocycles. The van der Waals surface area contributed by atoms with E-state index in [2.05, 4.69) is 12.1 Å².